The van der Waals surface area contributed by atoms with Gasteiger partial charge < -0.3 is 10.1 Å². The lowest BCUT2D eigenvalue weighted by atomic mass is 10.2. The number of carbonyl (C=O) groups is 1. The van der Waals surface area contributed by atoms with E-state index in [1.54, 1.807) is 39.2 Å². The summed E-state index contributed by atoms with van der Waals surface area (Å²) in [5.74, 6) is 0.343. The van der Waals surface area contributed by atoms with E-state index in [0.717, 1.165) is 5.56 Å². The maximum Gasteiger partial charge on any atom is 0.248 e. The number of carbonyl (C=O) groups excluding carboxylic acids is 1. The average molecular weight is 374 g/mol. The Balaban J connectivity index is 2.05. The summed E-state index contributed by atoms with van der Waals surface area (Å²) in [6, 6.07) is 13.1. The number of sulfonamides is 1. The molecule has 0 spiro atoms. The van der Waals surface area contributed by atoms with Crippen molar-refractivity contribution in [3.8, 4) is 5.75 Å². The molecule has 6 nitrogen and oxygen atoms in total. The van der Waals surface area contributed by atoms with Crippen LogP contribution in [-0.2, 0) is 14.8 Å². The van der Waals surface area contributed by atoms with Crippen molar-refractivity contribution in [1.29, 1.82) is 0 Å². The summed E-state index contributed by atoms with van der Waals surface area (Å²) in [5.41, 5.74) is 1.29. The minimum absolute atomic E-state index is 0.147. The maximum absolute atomic E-state index is 12.1. The van der Waals surface area contributed by atoms with Crippen LogP contribution < -0.4 is 14.8 Å². The van der Waals surface area contributed by atoms with Crippen LogP contribution in [0.1, 0.15) is 19.4 Å². The molecule has 0 aromatic heterocycles. The average Bonchev–Trinajstić information content (AvgIpc) is 2.59. The van der Waals surface area contributed by atoms with Gasteiger partial charge in [-0.3, -0.25) is 4.79 Å². The van der Waals surface area contributed by atoms with Crippen LogP contribution in [0.2, 0.25) is 0 Å². The van der Waals surface area contributed by atoms with Gasteiger partial charge in [-0.2, -0.15) is 0 Å². The molecule has 0 aliphatic rings. The highest BCUT2D eigenvalue weighted by atomic mass is 32.2. The second-order valence-electron chi connectivity index (χ2n) is 5.86. The van der Waals surface area contributed by atoms with E-state index in [-0.39, 0.29) is 16.8 Å². The first-order chi connectivity index (χ1) is 12.3. The monoisotopic (exact) mass is 374 g/mol. The molecule has 0 saturated carbocycles. The van der Waals surface area contributed by atoms with E-state index >= 15 is 0 Å². The largest absolute Gasteiger partial charge is 0.496 e. The maximum atomic E-state index is 12.1. The molecule has 2 aromatic carbocycles. The molecule has 138 valence electrons. The smallest absolute Gasteiger partial charge is 0.248 e. The minimum Gasteiger partial charge on any atom is -0.496 e. The highest BCUT2D eigenvalue weighted by molar-refractivity contribution is 7.89. The van der Waals surface area contributed by atoms with Gasteiger partial charge in [0.25, 0.3) is 0 Å². The summed E-state index contributed by atoms with van der Waals surface area (Å²) in [5, 5.41) is 2.69. The van der Waals surface area contributed by atoms with Gasteiger partial charge in [-0.25, -0.2) is 13.1 Å². The summed E-state index contributed by atoms with van der Waals surface area (Å²) in [4.78, 5) is 12.2. The van der Waals surface area contributed by atoms with Gasteiger partial charge in [0.2, 0.25) is 15.9 Å². The second kappa shape index (κ2) is 8.64. The van der Waals surface area contributed by atoms with Crippen LogP contribution in [0.5, 0.6) is 5.75 Å². The van der Waals surface area contributed by atoms with E-state index in [9.17, 15) is 13.2 Å². The van der Waals surface area contributed by atoms with Gasteiger partial charge in [-0.15, -0.1) is 0 Å². The molecule has 2 aromatic rings. The van der Waals surface area contributed by atoms with E-state index < -0.39 is 10.0 Å². The first kappa shape index (κ1) is 19.7. The number of methoxy groups -OCH3 is 1. The number of ether oxygens (including phenoxy) is 1. The van der Waals surface area contributed by atoms with E-state index in [4.69, 9.17) is 4.74 Å². The SMILES string of the molecule is COc1ccccc1C=CC(=O)Nc1ccc(S(=O)(=O)NC(C)C)cc1. The lowest BCUT2D eigenvalue weighted by molar-refractivity contribution is -0.111. The van der Waals surface area contributed by atoms with Gasteiger partial charge in [0.05, 0.1) is 12.0 Å². The zero-order chi connectivity index (χ0) is 19.2. The molecule has 2 N–H and O–H groups in total. The zero-order valence-electron chi connectivity index (χ0n) is 14.9. The van der Waals surface area contributed by atoms with Crippen LogP contribution in [0.25, 0.3) is 6.08 Å². The van der Waals surface area contributed by atoms with Gasteiger partial charge in [-0.05, 0) is 50.3 Å². The zero-order valence-corrected chi connectivity index (χ0v) is 15.7. The van der Waals surface area contributed by atoms with Crippen molar-refractivity contribution in [2.75, 3.05) is 12.4 Å². The first-order valence-electron chi connectivity index (χ1n) is 8.06. The number of amides is 1. The Hall–Kier alpha value is -2.64. The van der Waals surface area contributed by atoms with Crippen LogP contribution >= 0.6 is 0 Å². The lowest BCUT2D eigenvalue weighted by Gasteiger charge is -2.10. The fraction of sp³-hybridized carbons (Fsp3) is 0.211. The van der Waals surface area contributed by atoms with Crippen LogP contribution in [0.4, 0.5) is 5.69 Å². The molecule has 26 heavy (non-hydrogen) atoms. The molecule has 1 amide bonds. The Morgan fingerprint density at radius 1 is 1.08 bits per heavy atom. The Morgan fingerprint density at radius 3 is 2.35 bits per heavy atom. The Bertz CT molecular complexity index is 888. The van der Waals surface area contributed by atoms with Crippen LogP contribution in [0.15, 0.2) is 59.5 Å². The van der Waals surface area contributed by atoms with Gasteiger partial charge in [0, 0.05) is 23.4 Å². The summed E-state index contributed by atoms with van der Waals surface area (Å²) >= 11 is 0. The van der Waals surface area contributed by atoms with Crippen LogP contribution in [-0.4, -0.2) is 27.5 Å². The van der Waals surface area contributed by atoms with E-state index in [1.165, 1.54) is 18.2 Å². The van der Waals surface area contributed by atoms with Crippen molar-refractivity contribution in [1.82, 2.24) is 4.72 Å². The van der Waals surface area contributed by atoms with E-state index in [2.05, 4.69) is 10.0 Å². The molecule has 0 heterocycles. The van der Waals surface area contributed by atoms with Gasteiger partial charge in [0.1, 0.15) is 5.75 Å². The number of anilines is 1. The van der Waals surface area contributed by atoms with Crippen molar-refractivity contribution < 1.29 is 17.9 Å². The number of rotatable bonds is 7. The third-order valence-electron chi connectivity index (χ3n) is 3.38. The van der Waals surface area contributed by atoms with Gasteiger partial charge in [-0.1, -0.05) is 18.2 Å². The normalized spacial score (nSPS) is 11.7. The molecule has 0 aliphatic heterocycles. The third kappa shape index (κ3) is 5.44. The summed E-state index contributed by atoms with van der Waals surface area (Å²) in [6.45, 7) is 3.50. The first-order valence-corrected chi connectivity index (χ1v) is 9.54. The summed E-state index contributed by atoms with van der Waals surface area (Å²) in [6.07, 6.45) is 3.04. The fourth-order valence-electron chi connectivity index (χ4n) is 2.25. The molecule has 2 rings (SSSR count). The topological polar surface area (TPSA) is 84.5 Å². The van der Waals surface area contributed by atoms with E-state index in [0.29, 0.717) is 11.4 Å². The highest BCUT2D eigenvalue weighted by Gasteiger charge is 2.14. The molecule has 0 saturated heterocycles. The number of para-hydroxylation sites is 1. The lowest BCUT2D eigenvalue weighted by Crippen LogP contribution is -2.30. The predicted octanol–water partition coefficient (Wildman–Crippen LogP) is 3.03. The van der Waals surface area contributed by atoms with Crippen LogP contribution in [0, 0.1) is 0 Å². The fourth-order valence-corrected chi connectivity index (χ4v) is 3.50. The molecule has 0 atom stereocenters. The molecule has 0 unspecified atom stereocenters. The minimum atomic E-state index is -3.55. The van der Waals surface area contributed by atoms with E-state index in [1.807, 2.05) is 24.3 Å². The molecule has 0 bridgehead atoms. The number of nitrogens with one attached hydrogen (secondary N) is 2. The van der Waals surface area contributed by atoms with Crippen molar-refractivity contribution in [3.63, 3.8) is 0 Å². The van der Waals surface area contributed by atoms with Crippen molar-refractivity contribution in [3.05, 3.63) is 60.2 Å². The molecule has 0 aliphatic carbocycles. The molecule has 0 fully saturated rings. The number of benzene rings is 2. The quantitative estimate of drug-likeness (QED) is 0.730. The molecular formula is C19H22N2O4S. The Labute approximate surface area is 153 Å². The summed E-state index contributed by atoms with van der Waals surface area (Å²) < 4.78 is 31.9. The van der Waals surface area contributed by atoms with Crippen molar-refractivity contribution >= 4 is 27.7 Å². The Kier molecular flexibility index (Phi) is 6.54. The Morgan fingerprint density at radius 2 is 1.73 bits per heavy atom. The van der Waals surface area contributed by atoms with Gasteiger partial charge >= 0.3 is 0 Å². The van der Waals surface area contributed by atoms with Crippen molar-refractivity contribution in [2.45, 2.75) is 24.8 Å². The van der Waals surface area contributed by atoms with Crippen LogP contribution in [0.3, 0.4) is 0 Å². The molecule has 7 heteroatoms. The third-order valence-corrected chi connectivity index (χ3v) is 5.05. The number of hydrogen-bond acceptors (Lipinski definition) is 4. The number of hydrogen-bond donors (Lipinski definition) is 2. The second-order valence-corrected chi connectivity index (χ2v) is 7.58. The molecule has 0 radical (unpaired) electrons. The summed E-state index contributed by atoms with van der Waals surface area (Å²) in [7, 11) is -1.98. The molecular weight excluding hydrogens is 352 g/mol. The van der Waals surface area contributed by atoms with Gasteiger partial charge in [0.15, 0.2) is 0 Å². The highest BCUT2D eigenvalue weighted by Crippen LogP contribution is 2.19. The van der Waals surface area contributed by atoms with Crippen molar-refractivity contribution in [2.24, 2.45) is 0 Å². The standard InChI is InChI=1S/C19H22N2O4S/c1-14(2)21-26(23,24)17-11-9-16(10-12-17)20-19(22)13-8-15-6-4-5-7-18(15)25-3/h4-14,21H,1-3H3,(H,20,22). The predicted molar refractivity (Wildman–Crippen MR) is 103 cm³/mol.